The molecule has 2 aliphatic rings. The second-order valence-corrected chi connectivity index (χ2v) is 9.27. The fraction of sp³-hybridized carbons (Fsp3) is 0.680. The van der Waals surface area contributed by atoms with Gasteiger partial charge in [0.05, 0.1) is 13.1 Å². The number of aliphatic imine (C=N–C) groups is 1. The minimum absolute atomic E-state index is 0.0395. The third kappa shape index (κ3) is 7.78. The summed E-state index contributed by atoms with van der Waals surface area (Å²) >= 11 is 0. The highest BCUT2D eigenvalue weighted by Gasteiger charge is 2.23. The average Bonchev–Trinajstić information content (AvgIpc) is 3.27. The van der Waals surface area contributed by atoms with Crippen LogP contribution in [-0.2, 0) is 17.9 Å². The molecule has 2 saturated heterocycles. The monoisotopic (exact) mass is 442 g/mol. The smallest absolute Gasteiger partial charge is 0.241 e. The van der Waals surface area contributed by atoms with E-state index in [1.807, 2.05) is 0 Å². The molecule has 1 aromatic rings. The van der Waals surface area contributed by atoms with E-state index in [2.05, 4.69) is 51.6 Å². The number of likely N-dealkylation sites (tertiary alicyclic amines) is 2. The van der Waals surface area contributed by atoms with Crippen LogP contribution in [0.3, 0.4) is 0 Å². The molecule has 178 valence electrons. The lowest BCUT2D eigenvalue weighted by molar-refractivity contribution is -0.127. The molecule has 0 radical (unpaired) electrons. The van der Waals surface area contributed by atoms with Gasteiger partial charge in [0.2, 0.25) is 5.91 Å². The van der Waals surface area contributed by atoms with Gasteiger partial charge in [0.25, 0.3) is 0 Å². The maximum Gasteiger partial charge on any atom is 0.241 e. The van der Waals surface area contributed by atoms with E-state index >= 15 is 0 Å². The van der Waals surface area contributed by atoms with Crippen molar-refractivity contribution in [2.75, 3.05) is 53.4 Å². The van der Waals surface area contributed by atoms with E-state index in [1.165, 1.54) is 62.9 Å². The summed E-state index contributed by atoms with van der Waals surface area (Å²) < 4.78 is 0. The summed E-state index contributed by atoms with van der Waals surface area (Å²) in [5.41, 5.74) is 2.55. The Kier molecular flexibility index (Phi) is 9.81. The molecular formula is C25H42N6O. The van der Waals surface area contributed by atoms with E-state index in [4.69, 9.17) is 4.99 Å². The SMILES string of the molecule is CCN1CCCC1CNC(=NCc1ccc(CN2CCCCC2)cc1)NCC(=O)N(C)C. The topological polar surface area (TPSA) is 63.2 Å². The first-order valence-corrected chi connectivity index (χ1v) is 12.3. The van der Waals surface area contributed by atoms with Gasteiger partial charge in [0.1, 0.15) is 0 Å². The number of guanidine groups is 1. The van der Waals surface area contributed by atoms with Crippen molar-refractivity contribution in [3.63, 3.8) is 0 Å². The molecule has 2 N–H and O–H groups in total. The van der Waals surface area contributed by atoms with Gasteiger partial charge in [-0.15, -0.1) is 0 Å². The fourth-order valence-electron chi connectivity index (χ4n) is 4.55. The third-order valence-corrected chi connectivity index (χ3v) is 6.61. The molecule has 0 bridgehead atoms. The van der Waals surface area contributed by atoms with Gasteiger partial charge in [-0.1, -0.05) is 37.6 Å². The molecule has 0 spiro atoms. The van der Waals surface area contributed by atoms with Gasteiger partial charge < -0.3 is 15.5 Å². The molecule has 3 rings (SSSR count). The molecule has 0 aliphatic carbocycles. The molecule has 7 nitrogen and oxygen atoms in total. The largest absolute Gasteiger partial charge is 0.355 e. The Balaban J connectivity index is 1.56. The van der Waals surface area contributed by atoms with Gasteiger partial charge >= 0.3 is 0 Å². The highest BCUT2D eigenvalue weighted by Crippen LogP contribution is 2.16. The third-order valence-electron chi connectivity index (χ3n) is 6.61. The van der Waals surface area contributed by atoms with Crippen molar-refractivity contribution in [2.45, 2.75) is 58.2 Å². The first-order chi connectivity index (χ1) is 15.5. The Morgan fingerprint density at radius 2 is 1.75 bits per heavy atom. The zero-order valence-corrected chi connectivity index (χ0v) is 20.3. The van der Waals surface area contributed by atoms with Gasteiger partial charge in [-0.25, -0.2) is 4.99 Å². The molecule has 0 saturated carbocycles. The van der Waals surface area contributed by atoms with Gasteiger partial charge in [0, 0.05) is 33.2 Å². The summed E-state index contributed by atoms with van der Waals surface area (Å²) in [6.07, 6.45) is 6.48. The van der Waals surface area contributed by atoms with Gasteiger partial charge in [-0.2, -0.15) is 0 Å². The average molecular weight is 443 g/mol. The lowest BCUT2D eigenvalue weighted by atomic mass is 10.1. The van der Waals surface area contributed by atoms with Crippen molar-refractivity contribution in [1.29, 1.82) is 0 Å². The summed E-state index contributed by atoms with van der Waals surface area (Å²) in [5.74, 6) is 0.748. The van der Waals surface area contributed by atoms with Gasteiger partial charge in [0.15, 0.2) is 5.96 Å². The summed E-state index contributed by atoms with van der Waals surface area (Å²) in [6, 6.07) is 9.36. The number of nitrogens with one attached hydrogen (secondary N) is 2. The van der Waals surface area contributed by atoms with Crippen molar-refractivity contribution in [3.05, 3.63) is 35.4 Å². The van der Waals surface area contributed by atoms with Crippen molar-refractivity contribution < 1.29 is 4.79 Å². The van der Waals surface area contributed by atoms with Crippen molar-refractivity contribution >= 4 is 11.9 Å². The number of piperidine rings is 1. The minimum atomic E-state index is 0.0395. The molecule has 2 heterocycles. The molecule has 1 aromatic carbocycles. The molecule has 1 amide bonds. The van der Waals surface area contributed by atoms with Crippen LogP contribution in [0.25, 0.3) is 0 Å². The molecule has 2 fully saturated rings. The number of likely N-dealkylation sites (N-methyl/N-ethyl adjacent to an activating group) is 2. The second kappa shape index (κ2) is 12.8. The molecule has 2 aliphatic heterocycles. The van der Waals surface area contributed by atoms with E-state index < -0.39 is 0 Å². The normalized spacial score (nSPS) is 20.3. The number of hydrogen-bond donors (Lipinski definition) is 2. The minimum Gasteiger partial charge on any atom is -0.355 e. The highest BCUT2D eigenvalue weighted by molar-refractivity contribution is 5.86. The van der Waals surface area contributed by atoms with E-state index in [1.54, 1.807) is 19.0 Å². The molecule has 1 atom stereocenters. The lowest BCUT2D eigenvalue weighted by Gasteiger charge is -2.26. The van der Waals surface area contributed by atoms with Crippen LogP contribution in [0, 0.1) is 0 Å². The van der Waals surface area contributed by atoms with Crippen LogP contribution in [0.5, 0.6) is 0 Å². The molecule has 32 heavy (non-hydrogen) atoms. The Hall–Kier alpha value is -2.12. The van der Waals surface area contributed by atoms with E-state index in [9.17, 15) is 4.79 Å². The quantitative estimate of drug-likeness (QED) is 0.454. The predicted molar refractivity (Wildman–Crippen MR) is 132 cm³/mol. The Labute approximate surface area is 194 Å². The van der Waals surface area contributed by atoms with Crippen molar-refractivity contribution in [3.8, 4) is 0 Å². The first kappa shape index (κ1) is 24.5. The van der Waals surface area contributed by atoms with E-state index in [0.29, 0.717) is 18.5 Å². The summed E-state index contributed by atoms with van der Waals surface area (Å²) in [6.45, 7) is 9.64. The fourth-order valence-corrected chi connectivity index (χ4v) is 4.55. The number of hydrogen-bond acceptors (Lipinski definition) is 4. The maximum absolute atomic E-state index is 12.0. The molecule has 7 heteroatoms. The highest BCUT2D eigenvalue weighted by atomic mass is 16.2. The first-order valence-electron chi connectivity index (χ1n) is 12.3. The van der Waals surface area contributed by atoms with Crippen LogP contribution >= 0.6 is 0 Å². The number of carbonyl (C=O) groups is 1. The zero-order chi connectivity index (χ0) is 22.8. The number of amides is 1. The summed E-state index contributed by atoms with van der Waals surface area (Å²) in [5, 5.41) is 6.69. The van der Waals surface area contributed by atoms with Crippen molar-refractivity contribution in [2.24, 2.45) is 4.99 Å². The van der Waals surface area contributed by atoms with Crippen LogP contribution < -0.4 is 10.6 Å². The number of nitrogens with zero attached hydrogens (tertiary/aromatic N) is 4. The van der Waals surface area contributed by atoms with Gasteiger partial charge in [-0.05, 0) is 63.0 Å². The Bertz CT molecular complexity index is 726. The molecular weight excluding hydrogens is 400 g/mol. The van der Waals surface area contributed by atoms with Crippen LogP contribution in [0.1, 0.15) is 50.2 Å². The zero-order valence-electron chi connectivity index (χ0n) is 20.3. The van der Waals surface area contributed by atoms with Gasteiger partial charge in [-0.3, -0.25) is 14.6 Å². The number of carbonyl (C=O) groups excluding carboxylic acids is 1. The second-order valence-electron chi connectivity index (χ2n) is 9.27. The van der Waals surface area contributed by atoms with E-state index in [-0.39, 0.29) is 12.5 Å². The predicted octanol–water partition coefficient (Wildman–Crippen LogP) is 2.28. The van der Waals surface area contributed by atoms with Crippen molar-refractivity contribution in [1.82, 2.24) is 25.3 Å². The summed E-state index contributed by atoms with van der Waals surface area (Å²) in [7, 11) is 3.55. The molecule has 1 unspecified atom stereocenters. The standard InChI is InChI=1S/C25H42N6O/c1-4-31-16-8-9-23(31)18-27-25(28-19-24(32)29(2)3)26-17-21-10-12-22(13-11-21)20-30-14-6-5-7-15-30/h10-13,23H,4-9,14-20H2,1-3H3,(H2,26,27,28). The number of benzene rings is 1. The van der Waals surface area contributed by atoms with Crippen LogP contribution in [0.2, 0.25) is 0 Å². The van der Waals surface area contributed by atoms with Crippen LogP contribution in [-0.4, -0.2) is 86.0 Å². The van der Waals surface area contributed by atoms with Crippen LogP contribution in [0.4, 0.5) is 0 Å². The Morgan fingerprint density at radius 1 is 1.03 bits per heavy atom. The molecule has 0 aromatic heterocycles. The van der Waals surface area contributed by atoms with E-state index in [0.717, 1.165) is 19.6 Å². The lowest BCUT2D eigenvalue weighted by Crippen LogP contribution is -2.47. The maximum atomic E-state index is 12.0. The Morgan fingerprint density at radius 3 is 2.44 bits per heavy atom. The van der Waals surface area contributed by atoms with Crippen LogP contribution in [0.15, 0.2) is 29.3 Å². The summed E-state index contributed by atoms with van der Waals surface area (Å²) in [4.78, 5) is 23.5. The number of rotatable bonds is 9.